The van der Waals surface area contributed by atoms with E-state index in [-0.39, 0.29) is 24.1 Å². The number of aryl methyl sites for hydroxylation is 2. The van der Waals surface area contributed by atoms with Crippen LogP contribution in [0.2, 0.25) is 0 Å². The third-order valence-corrected chi connectivity index (χ3v) is 6.15. The van der Waals surface area contributed by atoms with Crippen LogP contribution in [0.5, 0.6) is 0 Å². The molecule has 1 aliphatic carbocycles. The molecule has 0 spiro atoms. The summed E-state index contributed by atoms with van der Waals surface area (Å²) in [5, 5.41) is 3.74. The molecule has 1 atom stereocenters. The van der Waals surface area contributed by atoms with Crippen LogP contribution in [0, 0.1) is 19.8 Å². The Kier molecular flexibility index (Phi) is 4.36. The van der Waals surface area contributed by atoms with Crippen molar-refractivity contribution in [3.63, 3.8) is 0 Å². The molecule has 0 saturated heterocycles. The Labute approximate surface area is 155 Å². The molecule has 1 aromatic carbocycles. The normalized spacial score (nSPS) is 15.2. The minimum absolute atomic E-state index is 0.00778. The second-order valence-corrected chi connectivity index (χ2v) is 8.14. The highest BCUT2D eigenvalue weighted by Crippen LogP contribution is 2.40. The smallest absolute Gasteiger partial charge is 0.262 e. The van der Waals surface area contributed by atoms with E-state index in [0.717, 1.165) is 33.7 Å². The molecule has 5 nitrogen and oxygen atoms in total. The lowest BCUT2D eigenvalue weighted by Crippen LogP contribution is -2.35. The Hall–Kier alpha value is -2.47. The molecule has 1 saturated carbocycles. The van der Waals surface area contributed by atoms with Gasteiger partial charge < -0.3 is 5.32 Å². The van der Waals surface area contributed by atoms with E-state index in [0.29, 0.717) is 11.3 Å². The Morgan fingerprint density at radius 3 is 2.73 bits per heavy atom. The van der Waals surface area contributed by atoms with Crippen LogP contribution in [0.25, 0.3) is 10.2 Å². The minimum Gasteiger partial charge on any atom is -0.347 e. The molecule has 2 aromatic heterocycles. The van der Waals surface area contributed by atoms with Crippen molar-refractivity contribution in [2.75, 3.05) is 0 Å². The summed E-state index contributed by atoms with van der Waals surface area (Å²) in [7, 11) is 0. The molecule has 1 N–H and O–H groups in total. The van der Waals surface area contributed by atoms with E-state index >= 15 is 0 Å². The molecule has 4 rings (SSSR count). The summed E-state index contributed by atoms with van der Waals surface area (Å²) in [5.74, 6) is 0.332. The van der Waals surface area contributed by atoms with Crippen molar-refractivity contribution in [1.29, 1.82) is 0 Å². The first-order valence-electron chi connectivity index (χ1n) is 8.84. The van der Waals surface area contributed by atoms with Crippen molar-refractivity contribution < 1.29 is 4.79 Å². The number of benzene rings is 1. The van der Waals surface area contributed by atoms with Crippen LogP contribution in [0.15, 0.2) is 41.5 Å². The molecular formula is C20H21N3O2S. The Morgan fingerprint density at radius 2 is 2.04 bits per heavy atom. The van der Waals surface area contributed by atoms with Gasteiger partial charge in [-0.05, 0) is 43.7 Å². The van der Waals surface area contributed by atoms with E-state index < -0.39 is 0 Å². The zero-order chi connectivity index (χ0) is 18.3. The Balaban J connectivity index is 1.56. The molecule has 1 unspecified atom stereocenters. The monoisotopic (exact) mass is 367 g/mol. The molecule has 26 heavy (non-hydrogen) atoms. The van der Waals surface area contributed by atoms with Gasteiger partial charge >= 0.3 is 0 Å². The molecule has 3 aromatic rings. The summed E-state index contributed by atoms with van der Waals surface area (Å²) in [5.41, 5.74) is 1.93. The lowest BCUT2D eigenvalue weighted by molar-refractivity contribution is -0.122. The van der Waals surface area contributed by atoms with E-state index in [1.807, 2.05) is 44.2 Å². The van der Waals surface area contributed by atoms with Gasteiger partial charge in [-0.3, -0.25) is 14.2 Å². The van der Waals surface area contributed by atoms with E-state index in [1.54, 1.807) is 0 Å². The van der Waals surface area contributed by atoms with Crippen molar-refractivity contribution in [3.05, 3.63) is 63.0 Å². The number of nitrogens with one attached hydrogen (secondary N) is 1. The molecule has 1 amide bonds. The van der Waals surface area contributed by atoms with Crippen LogP contribution < -0.4 is 10.9 Å². The van der Waals surface area contributed by atoms with Gasteiger partial charge in [0.1, 0.15) is 11.4 Å². The third-order valence-electron chi connectivity index (χ3n) is 5.04. The number of amides is 1. The van der Waals surface area contributed by atoms with Gasteiger partial charge in [0.25, 0.3) is 5.56 Å². The lowest BCUT2D eigenvalue weighted by Gasteiger charge is -2.19. The van der Waals surface area contributed by atoms with Crippen LogP contribution in [0.1, 0.15) is 34.9 Å². The van der Waals surface area contributed by atoms with Crippen molar-refractivity contribution in [1.82, 2.24) is 14.9 Å². The van der Waals surface area contributed by atoms with E-state index in [2.05, 4.69) is 10.3 Å². The van der Waals surface area contributed by atoms with Crippen molar-refractivity contribution in [2.45, 2.75) is 39.3 Å². The average molecular weight is 367 g/mol. The van der Waals surface area contributed by atoms with Crippen molar-refractivity contribution >= 4 is 27.5 Å². The number of fused-ring (bicyclic) bond motifs is 1. The summed E-state index contributed by atoms with van der Waals surface area (Å²) in [6.45, 7) is 3.91. The highest BCUT2D eigenvalue weighted by atomic mass is 32.1. The van der Waals surface area contributed by atoms with Crippen LogP contribution in [0.3, 0.4) is 0 Å². The quantitative estimate of drug-likeness (QED) is 0.752. The molecule has 1 fully saturated rings. The van der Waals surface area contributed by atoms with Crippen LogP contribution in [-0.4, -0.2) is 15.5 Å². The number of hydrogen-bond acceptors (Lipinski definition) is 4. The number of carbonyl (C=O) groups is 1. The molecular weight excluding hydrogens is 346 g/mol. The topological polar surface area (TPSA) is 64.0 Å². The Bertz CT molecular complexity index is 1020. The highest BCUT2D eigenvalue weighted by Gasteiger charge is 2.33. The number of rotatable bonds is 5. The maximum absolute atomic E-state index is 12.7. The van der Waals surface area contributed by atoms with E-state index in [4.69, 9.17) is 0 Å². The first-order chi connectivity index (χ1) is 12.5. The third kappa shape index (κ3) is 3.17. The fourth-order valence-corrected chi connectivity index (χ4v) is 4.31. The number of hydrogen-bond donors (Lipinski definition) is 1. The zero-order valence-corrected chi connectivity index (χ0v) is 15.7. The van der Waals surface area contributed by atoms with Crippen LogP contribution >= 0.6 is 11.3 Å². The summed E-state index contributed by atoms with van der Waals surface area (Å²) < 4.78 is 1.41. The van der Waals surface area contributed by atoms with Crippen LogP contribution in [-0.2, 0) is 11.3 Å². The number of aromatic nitrogens is 2. The van der Waals surface area contributed by atoms with Crippen molar-refractivity contribution in [3.8, 4) is 0 Å². The molecule has 6 heteroatoms. The number of nitrogens with zero attached hydrogens (tertiary/aromatic N) is 2. The predicted molar refractivity (Wildman–Crippen MR) is 103 cm³/mol. The molecule has 134 valence electrons. The van der Waals surface area contributed by atoms with Crippen LogP contribution in [0.4, 0.5) is 0 Å². The SMILES string of the molecule is Cc1sc2ncn(CC(=O)NC(c3ccccc3)C3CC3)c(=O)c2c1C. The molecule has 0 aliphatic heterocycles. The zero-order valence-electron chi connectivity index (χ0n) is 14.9. The summed E-state index contributed by atoms with van der Waals surface area (Å²) in [6, 6.07) is 10.0. The molecule has 0 bridgehead atoms. The molecule has 2 heterocycles. The summed E-state index contributed by atoms with van der Waals surface area (Å²) in [4.78, 5) is 31.5. The highest BCUT2D eigenvalue weighted by molar-refractivity contribution is 7.18. The standard InChI is InChI=1S/C20H21N3O2S/c1-12-13(2)26-19-17(12)20(25)23(11-21-19)10-16(24)22-18(15-8-9-15)14-6-4-3-5-7-14/h3-7,11,15,18H,8-10H2,1-2H3,(H,22,24). The minimum atomic E-state index is -0.154. The number of thiophene rings is 1. The van der Waals surface area contributed by atoms with Crippen molar-refractivity contribution in [2.24, 2.45) is 5.92 Å². The molecule has 0 radical (unpaired) electrons. The Morgan fingerprint density at radius 1 is 1.31 bits per heavy atom. The first kappa shape index (κ1) is 17.0. The maximum Gasteiger partial charge on any atom is 0.262 e. The van der Waals surface area contributed by atoms with Gasteiger partial charge in [0.05, 0.1) is 17.8 Å². The van der Waals surface area contributed by atoms with Gasteiger partial charge in [-0.15, -0.1) is 11.3 Å². The van der Waals surface area contributed by atoms with E-state index in [1.165, 1.54) is 22.2 Å². The van der Waals surface area contributed by atoms with Gasteiger partial charge in [-0.2, -0.15) is 0 Å². The first-order valence-corrected chi connectivity index (χ1v) is 9.65. The van der Waals surface area contributed by atoms with Gasteiger partial charge in [-0.25, -0.2) is 4.98 Å². The maximum atomic E-state index is 12.7. The fraction of sp³-hybridized carbons (Fsp3) is 0.350. The average Bonchev–Trinajstić information content (AvgIpc) is 3.43. The second kappa shape index (κ2) is 6.68. The van der Waals surface area contributed by atoms with Gasteiger partial charge in [0.15, 0.2) is 0 Å². The lowest BCUT2D eigenvalue weighted by atomic mass is 10.0. The molecule has 1 aliphatic rings. The summed E-state index contributed by atoms with van der Waals surface area (Å²) in [6.07, 6.45) is 3.73. The largest absolute Gasteiger partial charge is 0.347 e. The van der Waals surface area contributed by atoms with Gasteiger partial charge in [-0.1, -0.05) is 30.3 Å². The summed E-state index contributed by atoms with van der Waals surface area (Å²) >= 11 is 1.52. The second-order valence-electron chi connectivity index (χ2n) is 6.93. The number of carbonyl (C=O) groups excluding carboxylic acids is 1. The van der Waals surface area contributed by atoms with Gasteiger partial charge in [0.2, 0.25) is 5.91 Å². The fourth-order valence-electron chi connectivity index (χ4n) is 3.32. The predicted octanol–water partition coefficient (Wildman–Crippen LogP) is 3.34. The van der Waals surface area contributed by atoms with E-state index in [9.17, 15) is 9.59 Å². The van der Waals surface area contributed by atoms with Gasteiger partial charge in [0, 0.05) is 4.88 Å².